The largest absolute Gasteiger partial charge is 0.380 e. The Hall–Kier alpha value is -0.120. The van der Waals surface area contributed by atoms with Crippen LogP contribution in [0.1, 0.15) is 45.4 Å². The van der Waals surface area contributed by atoms with E-state index in [4.69, 9.17) is 10.5 Å². The van der Waals surface area contributed by atoms with Gasteiger partial charge in [-0.1, -0.05) is 25.7 Å². The Bertz CT molecular complexity index is 186. The second-order valence-electron chi connectivity index (χ2n) is 5.18. The van der Waals surface area contributed by atoms with E-state index < -0.39 is 0 Å². The van der Waals surface area contributed by atoms with E-state index in [1.54, 1.807) is 0 Å². The lowest BCUT2D eigenvalue weighted by molar-refractivity contribution is 0.0392. The summed E-state index contributed by atoms with van der Waals surface area (Å²) >= 11 is 0. The number of rotatable bonds is 5. The fourth-order valence-corrected chi connectivity index (χ4v) is 2.89. The zero-order valence-electron chi connectivity index (χ0n) is 11.2. The number of hydrogen-bond acceptors (Lipinski definition) is 3. The molecular weight excluding hydrogens is 200 g/mol. The summed E-state index contributed by atoms with van der Waals surface area (Å²) in [4.78, 5) is 2.34. The minimum absolute atomic E-state index is 0.139. The van der Waals surface area contributed by atoms with Crippen molar-refractivity contribution >= 4 is 0 Å². The molecule has 0 heterocycles. The van der Waals surface area contributed by atoms with Crippen LogP contribution in [0.15, 0.2) is 0 Å². The van der Waals surface area contributed by atoms with Gasteiger partial charge in [-0.05, 0) is 33.9 Å². The lowest BCUT2D eigenvalue weighted by Gasteiger charge is -2.44. The van der Waals surface area contributed by atoms with Gasteiger partial charge in [0.1, 0.15) is 0 Å². The van der Waals surface area contributed by atoms with Crippen molar-refractivity contribution in [1.82, 2.24) is 4.90 Å². The molecule has 0 amide bonds. The summed E-state index contributed by atoms with van der Waals surface area (Å²) in [5.74, 6) is 0. The maximum absolute atomic E-state index is 6.37. The second kappa shape index (κ2) is 6.58. The van der Waals surface area contributed by atoms with Crippen LogP contribution in [0, 0.1) is 0 Å². The normalized spacial score (nSPS) is 23.1. The number of hydrogen-bond donors (Lipinski definition) is 1. The SMILES string of the molecule is CCOCC(N)C1(N(C)C)CCCCCC1. The first-order chi connectivity index (χ1) is 7.63. The van der Waals surface area contributed by atoms with E-state index in [9.17, 15) is 0 Å². The summed E-state index contributed by atoms with van der Waals surface area (Å²) in [5.41, 5.74) is 6.53. The van der Waals surface area contributed by atoms with E-state index in [1.165, 1.54) is 38.5 Å². The smallest absolute Gasteiger partial charge is 0.0635 e. The van der Waals surface area contributed by atoms with Crippen LogP contribution in [-0.4, -0.2) is 43.8 Å². The minimum Gasteiger partial charge on any atom is -0.380 e. The highest BCUT2D eigenvalue weighted by Gasteiger charge is 2.38. The van der Waals surface area contributed by atoms with E-state index in [2.05, 4.69) is 19.0 Å². The first-order valence-corrected chi connectivity index (χ1v) is 6.64. The molecule has 0 saturated heterocycles. The fraction of sp³-hybridized carbons (Fsp3) is 1.00. The van der Waals surface area contributed by atoms with Gasteiger partial charge < -0.3 is 15.4 Å². The van der Waals surface area contributed by atoms with Crippen molar-refractivity contribution in [3.05, 3.63) is 0 Å². The predicted octanol–water partition coefficient (Wildman–Crippen LogP) is 2.00. The highest BCUT2D eigenvalue weighted by molar-refractivity contribution is 4.98. The standard InChI is InChI=1S/C13H28N2O/c1-4-16-11-12(14)13(15(2)3)9-7-5-6-8-10-13/h12H,4-11,14H2,1-3H3. The Balaban J connectivity index is 2.68. The third-order valence-electron chi connectivity index (χ3n) is 4.05. The molecule has 0 aromatic carbocycles. The van der Waals surface area contributed by atoms with Gasteiger partial charge in [0.05, 0.1) is 6.61 Å². The van der Waals surface area contributed by atoms with Crippen molar-refractivity contribution in [1.29, 1.82) is 0 Å². The molecule has 0 aliphatic heterocycles. The van der Waals surface area contributed by atoms with E-state index in [0.29, 0.717) is 6.61 Å². The summed E-state index contributed by atoms with van der Waals surface area (Å²) < 4.78 is 5.51. The topological polar surface area (TPSA) is 38.5 Å². The van der Waals surface area contributed by atoms with E-state index in [0.717, 1.165) is 6.61 Å². The van der Waals surface area contributed by atoms with Gasteiger partial charge in [0.25, 0.3) is 0 Å². The van der Waals surface area contributed by atoms with Crippen molar-refractivity contribution in [3.8, 4) is 0 Å². The predicted molar refractivity (Wildman–Crippen MR) is 68.6 cm³/mol. The van der Waals surface area contributed by atoms with Gasteiger partial charge in [-0.2, -0.15) is 0 Å². The van der Waals surface area contributed by atoms with Gasteiger partial charge in [0, 0.05) is 18.2 Å². The lowest BCUT2D eigenvalue weighted by atomic mass is 9.82. The molecule has 96 valence electrons. The lowest BCUT2D eigenvalue weighted by Crippen LogP contribution is -2.59. The van der Waals surface area contributed by atoms with Crippen molar-refractivity contribution in [2.75, 3.05) is 27.3 Å². The van der Waals surface area contributed by atoms with E-state index in [1.807, 2.05) is 6.92 Å². The van der Waals surface area contributed by atoms with Crippen LogP contribution in [0.3, 0.4) is 0 Å². The van der Waals surface area contributed by atoms with Crippen molar-refractivity contribution in [3.63, 3.8) is 0 Å². The van der Waals surface area contributed by atoms with Gasteiger partial charge in [0.15, 0.2) is 0 Å². The quantitative estimate of drug-likeness (QED) is 0.732. The van der Waals surface area contributed by atoms with Crippen LogP contribution in [0.4, 0.5) is 0 Å². The maximum Gasteiger partial charge on any atom is 0.0635 e. The second-order valence-corrected chi connectivity index (χ2v) is 5.18. The minimum atomic E-state index is 0.139. The summed E-state index contributed by atoms with van der Waals surface area (Å²) in [6.45, 7) is 3.48. The van der Waals surface area contributed by atoms with Gasteiger partial charge in [0.2, 0.25) is 0 Å². The average molecular weight is 228 g/mol. The summed E-state index contributed by atoms with van der Waals surface area (Å²) in [5, 5.41) is 0. The molecule has 1 saturated carbocycles. The van der Waals surface area contributed by atoms with Crippen LogP contribution in [0.5, 0.6) is 0 Å². The molecule has 0 aromatic heterocycles. The first-order valence-electron chi connectivity index (χ1n) is 6.64. The van der Waals surface area contributed by atoms with Crippen LogP contribution in [0.2, 0.25) is 0 Å². The zero-order chi connectivity index (χ0) is 12.0. The molecule has 1 unspecified atom stereocenters. The number of nitrogens with zero attached hydrogens (tertiary/aromatic N) is 1. The Morgan fingerprint density at radius 2 is 1.75 bits per heavy atom. The third-order valence-corrected chi connectivity index (χ3v) is 4.05. The molecule has 0 spiro atoms. The van der Waals surface area contributed by atoms with E-state index in [-0.39, 0.29) is 11.6 Å². The number of likely N-dealkylation sites (N-methyl/N-ethyl adjacent to an activating group) is 1. The molecule has 1 aliphatic carbocycles. The van der Waals surface area contributed by atoms with Crippen LogP contribution < -0.4 is 5.73 Å². The maximum atomic E-state index is 6.37. The zero-order valence-corrected chi connectivity index (χ0v) is 11.2. The molecule has 1 fully saturated rings. The monoisotopic (exact) mass is 228 g/mol. The van der Waals surface area contributed by atoms with Crippen molar-refractivity contribution < 1.29 is 4.74 Å². The molecule has 3 heteroatoms. The van der Waals surface area contributed by atoms with Gasteiger partial charge in [-0.25, -0.2) is 0 Å². The molecule has 1 atom stereocenters. The van der Waals surface area contributed by atoms with Crippen LogP contribution in [0.25, 0.3) is 0 Å². The summed E-state index contributed by atoms with van der Waals surface area (Å²) in [6, 6.07) is 0.139. The number of nitrogens with two attached hydrogens (primary N) is 1. The molecule has 2 N–H and O–H groups in total. The Morgan fingerprint density at radius 1 is 1.19 bits per heavy atom. The Kier molecular flexibility index (Phi) is 5.73. The van der Waals surface area contributed by atoms with Gasteiger partial charge in [-0.3, -0.25) is 0 Å². The fourth-order valence-electron chi connectivity index (χ4n) is 2.89. The number of ether oxygens (including phenoxy) is 1. The molecular formula is C13H28N2O. The third kappa shape index (κ3) is 3.19. The Morgan fingerprint density at radius 3 is 2.19 bits per heavy atom. The average Bonchev–Trinajstić information content (AvgIpc) is 2.52. The molecule has 1 rings (SSSR count). The van der Waals surface area contributed by atoms with Gasteiger partial charge >= 0.3 is 0 Å². The van der Waals surface area contributed by atoms with Gasteiger partial charge in [-0.15, -0.1) is 0 Å². The highest BCUT2D eigenvalue weighted by Crippen LogP contribution is 2.33. The molecule has 1 aliphatic rings. The highest BCUT2D eigenvalue weighted by atomic mass is 16.5. The van der Waals surface area contributed by atoms with Crippen molar-refractivity contribution in [2.45, 2.75) is 57.0 Å². The molecule has 0 bridgehead atoms. The Labute approximate surface area is 100 Å². The van der Waals surface area contributed by atoms with E-state index >= 15 is 0 Å². The first kappa shape index (κ1) is 13.9. The molecule has 0 radical (unpaired) electrons. The van der Waals surface area contributed by atoms with Crippen LogP contribution >= 0.6 is 0 Å². The molecule has 3 nitrogen and oxygen atoms in total. The summed E-state index contributed by atoms with van der Waals surface area (Å²) in [6.07, 6.45) is 7.76. The van der Waals surface area contributed by atoms with Crippen molar-refractivity contribution in [2.24, 2.45) is 5.73 Å². The summed E-state index contributed by atoms with van der Waals surface area (Å²) in [7, 11) is 4.33. The molecule has 16 heavy (non-hydrogen) atoms. The molecule has 0 aromatic rings. The van der Waals surface area contributed by atoms with Crippen LogP contribution in [-0.2, 0) is 4.74 Å².